The van der Waals surface area contributed by atoms with E-state index in [-0.39, 0.29) is 6.04 Å². The summed E-state index contributed by atoms with van der Waals surface area (Å²) in [5.74, 6) is 1.87. The van der Waals surface area contributed by atoms with Gasteiger partial charge in [-0.05, 0) is 38.3 Å². The van der Waals surface area contributed by atoms with Gasteiger partial charge in [-0.15, -0.1) is 0 Å². The molecule has 0 amide bonds. The quantitative estimate of drug-likeness (QED) is 0.715. The average Bonchev–Trinajstić information content (AvgIpc) is 3.23. The number of aromatic nitrogens is 3. The molecule has 25 heavy (non-hydrogen) atoms. The number of rotatable bonds is 7. The Balaban J connectivity index is 1.48. The van der Waals surface area contributed by atoms with Crippen LogP contribution in [0.1, 0.15) is 44.0 Å². The van der Waals surface area contributed by atoms with Crippen LogP contribution in [0.4, 0.5) is 0 Å². The molecule has 1 saturated carbocycles. The lowest BCUT2D eigenvalue weighted by Gasteiger charge is -2.37. The molecule has 1 unspecified atom stereocenters. The Kier molecular flexibility index (Phi) is 4.94. The number of pyridine rings is 1. The summed E-state index contributed by atoms with van der Waals surface area (Å²) in [5, 5.41) is 4.19. The second-order valence-corrected chi connectivity index (χ2v) is 6.66. The molecule has 0 spiro atoms. The van der Waals surface area contributed by atoms with E-state index in [1.807, 2.05) is 12.1 Å². The number of likely N-dealkylation sites (tertiary alicyclic amines) is 1. The molecule has 1 aliphatic heterocycles. The first kappa shape index (κ1) is 16.5. The number of ether oxygens (including phenoxy) is 2. The predicted octanol–water partition coefficient (Wildman–Crippen LogP) is 2.85. The first-order valence-electron chi connectivity index (χ1n) is 9.02. The minimum atomic E-state index is 0.269. The summed E-state index contributed by atoms with van der Waals surface area (Å²) in [7, 11) is 1.64. The fourth-order valence-electron chi connectivity index (χ4n) is 3.55. The maximum atomic E-state index is 5.61. The van der Waals surface area contributed by atoms with Gasteiger partial charge in [0.15, 0.2) is 0 Å². The normalized spacial score (nSPS) is 21.4. The van der Waals surface area contributed by atoms with Gasteiger partial charge in [-0.1, -0.05) is 11.6 Å². The lowest BCUT2D eigenvalue weighted by Crippen LogP contribution is -2.39. The minimum Gasteiger partial charge on any atom is -0.475 e. The second kappa shape index (κ2) is 7.49. The summed E-state index contributed by atoms with van der Waals surface area (Å²) < 4.78 is 16.1. The van der Waals surface area contributed by atoms with E-state index in [9.17, 15) is 0 Å². The molecule has 2 aromatic rings. The topological polar surface area (TPSA) is 73.5 Å². The molecule has 134 valence electrons. The van der Waals surface area contributed by atoms with Gasteiger partial charge >= 0.3 is 0 Å². The Morgan fingerprint density at radius 1 is 1.24 bits per heavy atom. The number of nitrogens with zero attached hydrogens (tertiary/aromatic N) is 4. The van der Waals surface area contributed by atoms with Gasteiger partial charge < -0.3 is 14.0 Å². The van der Waals surface area contributed by atoms with Crippen molar-refractivity contribution in [3.8, 4) is 17.3 Å². The maximum absolute atomic E-state index is 5.61. The molecule has 2 aromatic heterocycles. The lowest BCUT2D eigenvalue weighted by atomic mass is 9.91. The highest BCUT2D eigenvalue weighted by Gasteiger charge is 2.37. The molecule has 4 rings (SSSR count). The van der Waals surface area contributed by atoms with Crippen LogP contribution in [0.5, 0.6) is 5.88 Å². The van der Waals surface area contributed by atoms with E-state index >= 15 is 0 Å². The van der Waals surface area contributed by atoms with Crippen LogP contribution in [0.25, 0.3) is 11.4 Å². The molecule has 1 saturated heterocycles. The predicted molar refractivity (Wildman–Crippen MR) is 91.2 cm³/mol. The minimum absolute atomic E-state index is 0.269. The maximum Gasteiger partial charge on any atom is 0.244 e. The number of hydrogen-bond acceptors (Lipinski definition) is 7. The smallest absolute Gasteiger partial charge is 0.244 e. The summed E-state index contributed by atoms with van der Waals surface area (Å²) in [5.41, 5.74) is 0.852. The van der Waals surface area contributed by atoms with E-state index < -0.39 is 0 Å². The zero-order valence-corrected chi connectivity index (χ0v) is 14.6. The highest BCUT2D eigenvalue weighted by atomic mass is 16.5. The number of hydrogen-bond donors (Lipinski definition) is 0. The van der Waals surface area contributed by atoms with E-state index in [4.69, 9.17) is 14.0 Å². The van der Waals surface area contributed by atoms with Gasteiger partial charge in [-0.3, -0.25) is 4.90 Å². The molecule has 7 heteroatoms. The van der Waals surface area contributed by atoms with Crippen LogP contribution in [0.2, 0.25) is 0 Å². The van der Waals surface area contributed by atoms with Gasteiger partial charge in [-0.25, -0.2) is 4.98 Å². The zero-order valence-electron chi connectivity index (χ0n) is 14.6. The molecular weight excluding hydrogens is 320 g/mol. The fraction of sp³-hybridized carbons (Fsp3) is 0.611. The van der Waals surface area contributed by atoms with Crippen molar-refractivity contribution in [1.29, 1.82) is 0 Å². The Hall–Kier alpha value is -1.99. The molecule has 0 bridgehead atoms. The van der Waals surface area contributed by atoms with Crippen LogP contribution in [-0.2, 0) is 4.74 Å². The third kappa shape index (κ3) is 3.52. The molecule has 2 fully saturated rings. The molecule has 1 aliphatic carbocycles. The van der Waals surface area contributed by atoms with Crippen molar-refractivity contribution in [2.24, 2.45) is 0 Å². The molecule has 0 radical (unpaired) electrons. The molecule has 3 heterocycles. The second-order valence-electron chi connectivity index (χ2n) is 6.66. The van der Waals surface area contributed by atoms with Crippen molar-refractivity contribution in [2.75, 3.05) is 26.9 Å². The van der Waals surface area contributed by atoms with Crippen LogP contribution in [0, 0.1) is 0 Å². The van der Waals surface area contributed by atoms with Crippen molar-refractivity contribution in [3.63, 3.8) is 0 Å². The molecule has 0 aromatic carbocycles. The standard InChI is InChI=1S/C18H24N4O3/c1-23-10-11-24-16-12-13(7-8-19-16)17-20-18(25-21-17)15-6-3-9-22(15)14-4-2-5-14/h7-8,12,14-15H,2-6,9-11H2,1H3. The van der Waals surface area contributed by atoms with E-state index in [0.717, 1.165) is 24.4 Å². The lowest BCUT2D eigenvalue weighted by molar-refractivity contribution is 0.0966. The largest absolute Gasteiger partial charge is 0.475 e. The Morgan fingerprint density at radius 3 is 2.96 bits per heavy atom. The van der Waals surface area contributed by atoms with Crippen molar-refractivity contribution in [2.45, 2.75) is 44.2 Å². The SMILES string of the molecule is COCCOc1cc(-c2noc(C3CCCN3C3CCC3)n2)ccn1. The summed E-state index contributed by atoms with van der Waals surface area (Å²) in [6, 6.07) is 4.68. The summed E-state index contributed by atoms with van der Waals surface area (Å²) in [6.07, 6.45) is 7.93. The van der Waals surface area contributed by atoms with Crippen LogP contribution >= 0.6 is 0 Å². The van der Waals surface area contributed by atoms with Crippen molar-refractivity contribution >= 4 is 0 Å². The van der Waals surface area contributed by atoms with Crippen LogP contribution in [0.15, 0.2) is 22.9 Å². The van der Waals surface area contributed by atoms with Crippen molar-refractivity contribution < 1.29 is 14.0 Å². The van der Waals surface area contributed by atoms with Crippen LogP contribution < -0.4 is 4.74 Å². The molecular formula is C18H24N4O3. The zero-order chi connectivity index (χ0) is 17.1. The van der Waals surface area contributed by atoms with Crippen molar-refractivity contribution in [3.05, 3.63) is 24.2 Å². The number of methoxy groups -OCH3 is 1. The van der Waals surface area contributed by atoms with E-state index in [1.165, 1.54) is 25.7 Å². The van der Waals surface area contributed by atoms with Gasteiger partial charge in [0.05, 0.1) is 12.6 Å². The average molecular weight is 344 g/mol. The summed E-state index contributed by atoms with van der Waals surface area (Å²) >= 11 is 0. The van der Waals surface area contributed by atoms with E-state index in [2.05, 4.69) is 20.0 Å². The fourth-order valence-corrected chi connectivity index (χ4v) is 3.55. The third-order valence-corrected chi connectivity index (χ3v) is 5.10. The van der Waals surface area contributed by atoms with Crippen molar-refractivity contribution in [1.82, 2.24) is 20.0 Å². The van der Waals surface area contributed by atoms with Gasteiger partial charge in [0, 0.05) is 31.0 Å². The van der Waals surface area contributed by atoms with Gasteiger partial charge in [0.1, 0.15) is 6.61 Å². The Bertz CT molecular complexity index is 701. The monoisotopic (exact) mass is 344 g/mol. The molecule has 1 atom stereocenters. The first-order valence-corrected chi connectivity index (χ1v) is 9.02. The Morgan fingerprint density at radius 2 is 2.16 bits per heavy atom. The summed E-state index contributed by atoms with van der Waals surface area (Å²) in [6.45, 7) is 2.12. The third-order valence-electron chi connectivity index (χ3n) is 5.10. The van der Waals surface area contributed by atoms with Crippen LogP contribution in [-0.4, -0.2) is 52.9 Å². The first-order chi connectivity index (χ1) is 12.3. The van der Waals surface area contributed by atoms with E-state index in [0.29, 0.717) is 31.0 Å². The van der Waals surface area contributed by atoms with Gasteiger partial charge in [-0.2, -0.15) is 4.98 Å². The molecule has 7 nitrogen and oxygen atoms in total. The molecule has 0 N–H and O–H groups in total. The highest BCUT2D eigenvalue weighted by Crippen LogP contribution is 2.39. The van der Waals surface area contributed by atoms with Crippen LogP contribution in [0.3, 0.4) is 0 Å². The summed E-state index contributed by atoms with van der Waals surface area (Å²) in [4.78, 5) is 11.4. The highest BCUT2D eigenvalue weighted by molar-refractivity contribution is 5.55. The van der Waals surface area contributed by atoms with E-state index in [1.54, 1.807) is 13.3 Å². The van der Waals surface area contributed by atoms with Gasteiger partial charge in [0.25, 0.3) is 0 Å². The molecule has 2 aliphatic rings. The van der Waals surface area contributed by atoms with Gasteiger partial charge in [0.2, 0.25) is 17.6 Å². The Labute approximate surface area is 147 Å².